The molecule has 1 rings (SSSR count). The molecule has 0 spiro atoms. The second-order valence-corrected chi connectivity index (χ2v) is 3.17. The maximum atomic E-state index is 5.26. The van der Waals surface area contributed by atoms with Crippen LogP contribution in [0.1, 0.15) is 5.56 Å². The topological polar surface area (TPSA) is 34.1 Å². The summed E-state index contributed by atoms with van der Waals surface area (Å²) >= 11 is 0. The number of methoxy groups -OCH3 is 2. The Hall–Kier alpha value is -1.71. The average molecular weight is 208 g/mol. The molecule has 0 saturated carbocycles. The fraction of sp³-hybridized carbons (Fsp3) is 0.364. The maximum Gasteiger partial charge on any atom is 0.169 e. The highest BCUT2D eigenvalue weighted by Crippen LogP contribution is 2.29. The van der Waals surface area contributed by atoms with Gasteiger partial charge in [0.25, 0.3) is 0 Å². The molecule has 15 heavy (non-hydrogen) atoms. The molecule has 0 heterocycles. The predicted molar refractivity (Wildman–Crippen MR) is 60.8 cm³/mol. The van der Waals surface area contributed by atoms with Crippen molar-refractivity contribution in [3.8, 4) is 11.5 Å². The number of nitrogens with zero attached hydrogens (tertiary/aromatic N) is 2. The third kappa shape index (κ3) is 2.87. The van der Waals surface area contributed by atoms with Crippen LogP contribution < -0.4 is 9.47 Å². The van der Waals surface area contributed by atoms with Gasteiger partial charge in [-0.1, -0.05) is 6.07 Å². The Balaban J connectivity index is 3.06. The van der Waals surface area contributed by atoms with E-state index in [9.17, 15) is 0 Å². The lowest BCUT2D eigenvalue weighted by atomic mass is 10.2. The van der Waals surface area contributed by atoms with Gasteiger partial charge in [0.15, 0.2) is 11.5 Å². The van der Waals surface area contributed by atoms with Gasteiger partial charge in [-0.25, -0.2) is 0 Å². The summed E-state index contributed by atoms with van der Waals surface area (Å²) in [7, 11) is 6.96. The van der Waals surface area contributed by atoms with Crippen molar-refractivity contribution in [1.29, 1.82) is 0 Å². The van der Waals surface area contributed by atoms with Crippen LogP contribution in [0, 0.1) is 0 Å². The molecule has 0 fully saturated rings. The van der Waals surface area contributed by atoms with E-state index >= 15 is 0 Å². The predicted octanol–water partition coefficient (Wildman–Crippen LogP) is 1.60. The Morgan fingerprint density at radius 1 is 1.20 bits per heavy atom. The summed E-state index contributed by atoms with van der Waals surface area (Å²) in [5.41, 5.74) is 0.894. The molecule has 0 radical (unpaired) electrons. The molecule has 1 aromatic rings. The standard InChI is InChI=1S/C11H16N2O2/c1-13(2)12-8-9-6-5-7-10(14-3)11(9)15-4/h5-8H,1-4H3/b12-8-. The molecular weight excluding hydrogens is 192 g/mol. The lowest BCUT2D eigenvalue weighted by molar-refractivity contribution is 0.354. The number of hydrogen-bond donors (Lipinski definition) is 0. The number of hydrazone groups is 1. The number of para-hydroxylation sites is 1. The van der Waals surface area contributed by atoms with Crippen molar-refractivity contribution in [2.24, 2.45) is 5.10 Å². The summed E-state index contributed by atoms with van der Waals surface area (Å²) in [4.78, 5) is 0. The molecule has 0 bridgehead atoms. The first kappa shape index (κ1) is 11.4. The number of ether oxygens (including phenoxy) is 2. The van der Waals surface area contributed by atoms with E-state index in [1.54, 1.807) is 25.4 Å². The molecule has 0 saturated heterocycles. The van der Waals surface area contributed by atoms with Gasteiger partial charge in [0, 0.05) is 19.7 Å². The fourth-order valence-corrected chi connectivity index (χ4v) is 1.19. The summed E-state index contributed by atoms with van der Waals surface area (Å²) < 4.78 is 10.4. The zero-order valence-corrected chi connectivity index (χ0v) is 9.52. The van der Waals surface area contributed by atoms with E-state index in [0.717, 1.165) is 5.56 Å². The molecule has 0 atom stereocenters. The Morgan fingerprint density at radius 3 is 2.47 bits per heavy atom. The molecule has 82 valence electrons. The van der Waals surface area contributed by atoms with Crippen molar-refractivity contribution in [3.05, 3.63) is 23.8 Å². The van der Waals surface area contributed by atoms with Gasteiger partial charge in [-0.3, -0.25) is 0 Å². The van der Waals surface area contributed by atoms with Crippen molar-refractivity contribution >= 4 is 6.21 Å². The van der Waals surface area contributed by atoms with Gasteiger partial charge in [-0.15, -0.1) is 0 Å². The molecular formula is C11H16N2O2. The third-order valence-electron chi connectivity index (χ3n) is 1.86. The van der Waals surface area contributed by atoms with E-state index in [1.165, 1.54) is 0 Å². The summed E-state index contributed by atoms with van der Waals surface area (Å²) in [6, 6.07) is 5.68. The minimum atomic E-state index is 0.700. The van der Waals surface area contributed by atoms with Crippen LogP contribution in [0.25, 0.3) is 0 Å². The summed E-state index contributed by atoms with van der Waals surface area (Å²) in [5.74, 6) is 1.41. The van der Waals surface area contributed by atoms with Crippen molar-refractivity contribution in [2.75, 3.05) is 28.3 Å². The number of rotatable bonds is 4. The number of benzene rings is 1. The fourth-order valence-electron chi connectivity index (χ4n) is 1.19. The highest BCUT2D eigenvalue weighted by molar-refractivity contribution is 5.84. The normalized spacial score (nSPS) is 10.4. The van der Waals surface area contributed by atoms with Gasteiger partial charge in [0.05, 0.1) is 20.4 Å². The van der Waals surface area contributed by atoms with E-state index in [4.69, 9.17) is 9.47 Å². The molecule has 0 aliphatic rings. The Morgan fingerprint density at radius 2 is 1.93 bits per heavy atom. The smallest absolute Gasteiger partial charge is 0.169 e. The highest BCUT2D eigenvalue weighted by atomic mass is 16.5. The van der Waals surface area contributed by atoms with Crippen LogP contribution >= 0.6 is 0 Å². The minimum absolute atomic E-state index is 0.700. The zero-order valence-electron chi connectivity index (χ0n) is 9.52. The third-order valence-corrected chi connectivity index (χ3v) is 1.86. The quantitative estimate of drug-likeness (QED) is 0.556. The number of hydrogen-bond acceptors (Lipinski definition) is 4. The van der Waals surface area contributed by atoms with Crippen LogP contribution in [-0.2, 0) is 0 Å². The lowest BCUT2D eigenvalue weighted by Gasteiger charge is -2.10. The van der Waals surface area contributed by atoms with E-state index in [0.29, 0.717) is 11.5 Å². The average Bonchev–Trinajstić information content (AvgIpc) is 2.25. The van der Waals surface area contributed by atoms with E-state index in [1.807, 2.05) is 32.3 Å². The summed E-state index contributed by atoms with van der Waals surface area (Å²) in [6.07, 6.45) is 1.74. The zero-order chi connectivity index (χ0) is 11.3. The Bertz CT molecular complexity index is 348. The van der Waals surface area contributed by atoms with Crippen LogP contribution in [0.15, 0.2) is 23.3 Å². The first-order valence-electron chi connectivity index (χ1n) is 4.61. The molecule has 4 nitrogen and oxygen atoms in total. The van der Waals surface area contributed by atoms with Crippen LogP contribution in [0.3, 0.4) is 0 Å². The lowest BCUT2D eigenvalue weighted by Crippen LogP contribution is -2.03. The second kappa shape index (κ2) is 5.24. The van der Waals surface area contributed by atoms with Crippen molar-refractivity contribution < 1.29 is 9.47 Å². The van der Waals surface area contributed by atoms with Gasteiger partial charge >= 0.3 is 0 Å². The first-order valence-corrected chi connectivity index (χ1v) is 4.61. The van der Waals surface area contributed by atoms with Crippen molar-refractivity contribution in [2.45, 2.75) is 0 Å². The van der Waals surface area contributed by atoms with Crippen molar-refractivity contribution in [1.82, 2.24) is 5.01 Å². The molecule has 4 heteroatoms. The SMILES string of the molecule is COc1cccc(/C=N\N(C)C)c1OC. The van der Waals surface area contributed by atoms with Crippen LogP contribution in [0.2, 0.25) is 0 Å². The van der Waals surface area contributed by atoms with Gasteiger partial charge in [-0.2, -0.15) is 5.10 Å². The maximum absolute atomic E-state index is 5.26. The van der Waals surface area contributed by atoms with Crippen LogP contribution in [0.4, 0.5) is 0 Å². The summed E-state index contributed by atoms with van der Waals surface area (Å²) in [5, 5.41) is 5.87. The van der Waals surface area contributed by atoms with E-state index in [2.05, 4.69) is 5.10 Å². The highest BCUT2D eigenvalue weighted by Gasteiger charge is 2.06. The molecule has 0 amide bonds. The van der Waals surface area contributed by atoms with Gasteiger partial charge in [0.2, 0.25) is 0 Å². The second-order valence-electron chi connectivity index (χ2n) is 3.17. The van der Waals surface area contributed by atoms with Gasteiger partial charge in [0.1, 0.15) is 0 Å². The largest absolute Gasteiger partial charge is 0.493 e. The molecule has 0 unspecified atom stereocenters. The monoisotopic (exact) mass is 208 g/mol. The molecule has 0 aliphatic heterocycles. The first-order chi connectivity index (χ1) is 7.19. The van der Waals surface area contributed by atoms with Gasteiger partial charge < -0.3 is 14.5 Å². The molecule has 0 aromatic heterocycles. The summed E-state index contributed by atoms with van der Waals surface area (Å²) in [6.45, 7) is 0. The van der Waals surface area contributed by atoms with Crippen LogP contribution in [0.5, 0.6) is 11.5 Å². The molecule has 0 aliphatic carbocycles. The van der Waals surface area contributed by atoms with E-state index < -0.39 is 0 Å². The molecule has 1 aromatic carbocycles. The van der Waals surface area contributed by atoms with Crippen molar-refractivity contribution in [3.63, 3.8) is 0 Å². The Labute approximate surface area is 90.1 Å². The van der Waals surface area contributed by atoms with Crippen LogP contribution in [-0.4, -0.2) is 39.5 Å². The minimum Gasteiger partial charge on any atom is -0.493 e. The van der Waals surface area contributed by atoms with E-state index in [-0.39, 0.29) is 0 Å². The Kier molecular flexibility index (Phi) is 3.97. The van der Waals surface area contributed by atoms with Gasteiger partial charge in [-0.05, 0) is 12.1 Å². The molecule has 0 N–H and O–H groups in total.